The molecule has 2 N–H and O–H groups in total. The fourth-order valence-electron chi connectivity index (χ4n) is 3.77. The highest BCUT2D eigenvalue weighted by Gasteiger charge is 2.37. The maximum atomic E-state index is 12.6. The smallest absolute Gasteiger partial charge is 0.322 e. The predicted octanol–water partition coefficient (Wildman–Crippen LogP) is 2.74. The second-order valence-corrected chi connectivity index (χ2v) is 7.17. The number of rotatable bonds is 4. The molecule has 0 saturated carbocycles. The minimum atomic E-state index is -0.159. The van der Waals surface area contributed by atoms with Gasteiger partial charge in [-0.3, -0.25) is 9.69 Å². The topological polar surface area (TPSA) is 73.9 Å². The summed E-state index contributed by atoms with van der Waals surface area (Å²) >= 11 is 0. The second kappa shape index (κ2) is 7.95. The molecule has 0 spiro atoms. The second-order valence-electron chi connectivity index (χ2n) is 7.17. The van der Waals surface area contributed by atoms with Gasteiger partial charge in [-0.25, -0.2) is 4.79 Å². The molecule has 2 saturated heterocycles. The van der Waals surface area contributed by atoms with Crippen LogP contribution in [0.25, 0.3) is 0 Å². The zero-order chi connectivity index (χ0) is 18.7. The van der Waals surface area contributed by atoms with Gasteiger partial charge >= 0.3 is 6.03 Å². The highest BCUT2D eigenvalue weighted by atomic mass is 16.5. The van der Waals surface area contributed by atoms with Crippen LogP contribution in [-0.4, -0.2) is 60.6 Å². The van der Waals surface area contributed by atoms with Crippen LogP contribution in [-0.2, 0) is 4.79 Å². The number of likely N-dealkylation sites (tertiary alicyclic amines) is 2. The molecule has 26 heavy (non-hydrogen) atoms. The van der Waals surface area contributed by atoms with Crippen molar-refractivity contribution in [1.82, 2.24) is 9.80 Å². The van der Waals surface area contributed by atoms with Crippen molar-refractivity contribution in [2.45, 2.75) is 45.2 Å². The summed E-state index contributed by atoms with van der Waals surface area (Å²) in [6.45, 7) is 6.37. The Morgan fingerprint density at radius 3 is 2.62 bits per heavy atom. The van der Waals surface area contributed by atoms with Crippen molar-refractivity contribution < 1.29 is 14.3 Å². The Bertz CT molecular complexity index is 673. The van der Waals surface area contributed by atoms with Crippen LogP contribution in [0.2, 0.25) is 0 Å². The third-order valence-electron chi connectivity index (χ3n) is 5.23. The molecule has 2 fully saturated rings. The van der Waals surface area contributed by atoms with E-state index in [1.165, 1.54) is 26.2 Å². The molecule has 3 amide bonds. The van der Waals surface area contributed by atoms with Crippen LogP contribution < -0.4 is 15.4 Å². The number of methoxy groups -OCH3 is 1. The third-order valence-corrected chi connectivity index (χ3v) is 5.23. The quantitative estimate of drug-likeness (QED) is 0.866. The highest BCUT2D eigenvalue weighted by Crippen LogP contribution is 2.29. The van der Waals surface area contributed by atoms with E-state index in [4.69, 9.17) is 4.74 Å². The summed E-state index contributed by atoms with van der Waals surface area (Å²) < 4.78 is 5.31. The van der Waals surface area contributed by atoms with E-state index in [0.29, 0.717) is 29.2 Å². The summed E-state index contributed by atoms with van der Waals surface area (Å²) in [5.74, 6) is 0.405. The summed E-state index contributed by atoms with van der Waals surface area (Å²) in [6, 6.07) is 6.12. The zero-order valence-corrected chi connectivity index (χ0v) is 15.7. The Morgan fingerprint density at radius 1 is 1.19 bits per heavy atom. The van der Waals surface area contributed by atoms with E-state index >= 15 is 0 Å². The number of anilines is 2. The molecule has 0 aromatic heterocycles. The zero-order valence-electron chi connectivity index (χ0n) is 15.7. The lowest BCUT2D eigenvalue weighted by atomic mass is 9.98. The first-order chi connectivity index (χ1) is 12.5. The number of amides is 3. The molecule has 2 heterocycles. The molecule has 0 aliphatic carbocycles. The Labute approximate surface area is 154 Å². The molecule has 2 aliphatic rings. The molecular formula is C19H28N4O3. The van der Waals surface area contributed by atoms with Crippen molar-refractivity contribution in [3.8, 4) is 5.75 Å². The minimum absolute atomic E-state index is 0.135. The normalized spacial score (nSPS) is 21.0. The fraction of sp³-hybridized carbons (Fsp3) is 0.579. The van der Waals surface area contributed by atoms with Gasteiger partial charge in [-0.1, -0.05) is 6.42 Å². The Kier molecular flexibility index (Phi) is 5.66. The van der Waals surface area contributed by atoms with E-state index in [1.54, 1.807) is 25.3 Å². The molecule has 142 valence electrons. The number of nitrogens with one attached hydrogen (secondary N) is 2. The van der Waals surface area contributed by atoms with Gasteiger partial charge in [0.15, 0.2) is 0 Å². The molecule has 7 heteroatoms. The molecule has 1 aromatic carbocycles. The average molecular weight is 360 g/mol. The molecule has 0 radical (unpaired) electrons. The standard InChI is InChI=1S/C19H28N4O3/c1-13-6-4-5-9-23(13)16-11-22(12-16)19(25)21-17-10-15(20-14(2)24)7-8-18(17)26-3/h7-8,10,13,16H,4-6,9,11-12H2,1-3H3,(H,20,24)(H,21,25). The maximum absolute atomic E-state index is 12.6. The number of hydrogen-bond acceptors (Lipinski definition) is 4. The summed E-state index contributed by atoms with van der Waals surface area (Å²) in [5.41, 5.74) is 1.18. The molecule has 1 atom stereocenters. The molecule has 1 unspecified atom stereocenters. The van der Waals surface area contributed by atoms with E-state index in [1.807, 2.05) is 4.90 Å². The SMILES string of the molecule is COc1ccc(NC(C)=O)cc1NC(=O)N1CC(N2CCCCC2C)C1. The van der Waals surface area contributed by atoms with Crippen molar-refractivity contribution in [2.24, 2.45) is 0 Å². The number of ether oxygens (including phenoxy) is 1. The van der Waals surface area contributed by atoms with Gasteiger partial charge in [0.05, 0.1) is 12.8 Å². The summed E-state index contributed by atoms with van der Waals surface area (Å²) in [5, 5.41) is 5.62. The average Bonchev–Trinajstić information content (AvgIpc) is 2.55. The number of benzene rings is 1. The number of carbonyl (C=O) groups is 2. The van der Waals surface area contributed by atoms with Gasteiger partial charge < -0.3 is 20.3 Å². The van der Waals surface area contributed by atoms with Gasteiger partial charge in [-0.15, -0.1) is 0 Å². The Hall–Kier alpha value is -2.28. The van der Waals surface area contributed by atoms with E-state index in [2.05, 4.69) is 22.5 Å². The van der Waals surface area contributed by atoms with Crippen molar-refractivity contribution in [2.75, 3.05) is 37.4 Å². The molecule has 7 nitrogen and oxygen atoms in total. The number of carbonyl (C=O) groups excluding carboxylic acids is 2. The van der Waals surface area contributed by atoms with Gasteiger partial charge in [0.25, 0.3) is 0 Å². The van der Waals surface area contributed by atoms with Crippen molar-refractivity contribution >= 4 is 23.3 Å². The third kappa shape index (κ3) is 4.09. The first kappa shape index (κ1) is 18.5. The van der Waals surface area contributed by atoms with Gasteiger partial charge in [-0.2, -0.15) is 0 Å². The Balaban J connectivity index is 1.59. The number of urea groups is 1. The maximum Gasteiger partial charge on any atom is 0.322 e. The van der Waals surface area contributed by atoms with Crippen molar-refractivity contribution in [1.29, 1.82) is 0 Å². The Morgan fingerprint density at radius 2 is 1.96 bits per heavy atom. The first-order valence-corrected chi connectivity index (χ1v) is 9.25. The molecular weight excluding hydrogens is 332 g/mol. The van der Waals surface area contributed by atoms with E-state index in [0.717, 1.165) is 19.6 Å². The van der Waals surface area contributed by atoms with Crippen LogP contribution in [0.3, 0.4) is 0 Å². The number of hydrogen-bond donors (Lipinski definition) is 2. The van der Waals surface area contributed by atoms with E-state index in [-0.39, 0.29) is 11.9 Å². The molecule has 2 aliphatic heterocycles. The van der Waals surface area contributed by atoms with Crippen LogP contribution in [0, 0.1) is 0 Å². The number of piperidine rings is 1. The van der Waals surface area contributed by atoms with Crippen molar-refractivity contribution in [3.63, 3.8) is 0 Å². The number of nitrogens with zero attached hydrogens (tertiary/aromatic N) is 2. The predicted molar refractivity (Wildman–Crippen MR) is 102 cm³/mol. The highest BCUT2D eigenvalue weighted by molar-refractivity contribution is 5.94. The summed E-state index contributed by atoms with van der Waals surface area (Å²) in [6.07, 6.45) is 3.80. The summed E-state index contributed by atoms with van der Waals surface area (Å²) in [7, 11) is 1.56. The van der Waals surface area contributed by atoms with Gasteiger partial charge in [0, 0.05) is 37.8 Å². The van der Waals surface area contributed by atoms with Crippen LogP contribution >= 0.6 is 0 Å². The van der Waals surface area contributed by atoms with Gasteiger partial charge in [0.2, 0.25) is 5.91 Å². The van der Waals surface area contributed by atoms with Crippen LogP contribution in [0.1, 0.15) is 33.1 Å². The van der Waals surface area contributed by atoms with Gasteiger partial charge in [0.1, 0.15) is 5.75 Å². The lowest BCUT2D eigenvalue weighted by Crippen LogP contribution is -2.64. The lowest BCUT2D eigenvalue weighted by molar-refractivity contribution is -0.114. The lowest BCUT2D eigenvalue weighted by Gasteiger charge is -2.49. The molecule has 3 rings (SSSR count). The van der Waals surface area contributed by atoms with Crippen LogP contribution in [0.15, 0.2) is 18.2 Å². The fourth-order valence-corrected chi connectivity index (χ4v) is 3.77. The monoisotopic (exact) mass is 360 g/mol. The van der Waals surface area contributed by atoms with E-state index in [9.17, 15) is 9.59 Å². The van der Waals surface area contributed by atoms with Crippen molar-refractivity contribution in [3.05, 3.63) is 18.2 Å². The molecule has 1 aromatic rings. The van der Waals surface area contributed by atoms with Crippen LogP contribution in [0.5, 0.6) is 5.75 Å². The van der Waals surface area contributed by atoms with Crippen LogP contribution in [0.4, 0.5) is 16.2 Å². The van der Waals surface area contributed by atoms with E-state index < -0.39 is 0 Å². The minimum Gasteiger partial charge on any atom is -0.495 e. The first-order valence-electron chi connectivity index (χ1n) is 9.25. The largest absolute Gasteiger partial charge is 0.495 e. The summed E-state index contributed by atoms with van der Waals surface area (Å²) in [4.78, 5) is 28.1. The van der Waals surface area contributed by atoms with Gasteiger partial charge in [-0.05, 0) is 44.5 Å². The molecule has 0 bridgehead atoms.